The smallest absolute Gasteiger partial charge is 0.293 e. The quantitative estimate of drug-likeness (QED) is 0.498. The Morgan fingerprint density at radius 3 is 2.83 bits per heavy atom. The predicted molar refractivity (Wildman–Crippen MR) is 107 cm³/mol. The largest absolute Gasteiger partial charge is 0.365 e. The van der Waals surface area contributed by atoms with Crippen LogP contribution in [0.15, 0.2) is 47.5 Å². The zero-order valence-electron chi connectivity index (χ0n) is 15.7. The summed E-state index contributed by atoms with van der Waals surface area (Å²) in [6.07, 6.45) is 3.63. The number of piperidine rings is 1. The lowest BCUT2D eigenvalue weighted by Crippen LogP contribution is -2.35. The molecule has 1 unspecified atom stereocenters. The first-order chi connectivity index (χ1) is 13.9. The molecule has 0 amide bonds. The van der Waals surface area contributed by atoms with E-state index in [9.17, 15) is 18.5 Å². The second kappa shape index (κ2) is 7.41. The number of fused-ring (bicyclic) bond motifs is 1. The lowest BCUT2D eigenvalue weighted by Gasteiger charge is -2.33. The van der Waals surface area contributed by atoms with Gasteiger partial charge in [-0.25, -0.2) is 13.1 Å². The Labute approximate surface area is 167 Å². The van der Waals surface area contributed by atoms with Gasteiger partial charge in [0.05, 0.1) is 9.82 Å². The van der Waals surface area contributed by atoms with Gasteiger partial charge in [0.1, 0.15) is 11.5 Å². The first-order valence-corrected chi connectivity index (χ1v) is 10.7. The molecule has 1 aliphatic rings. The molecule has 0 spiro atoms. The number of hydrogen-bond acceptors (Lipinski definition) is 7. The molecule has 1 N–H and O–H groups in total. The van der Waals surface area contributed by atoms with Crippen molar-refractivity contribution in [3.63, 3.8) is 0 Å². The van der Waals surface area contributed by atoms with E-state index in [1.165, 1.54) is 19.2 Å². The van der Waals surface area contributed by atoms with Gasteiger partial charge >= 0.3 is 0 Å². The van der Waals surface area contributed by atoms with E-state index in [1.54, 1.807) is 0 Å². The van der Waals surface area contributed by atoms with Crippen LogP contribution >= 0.6 is 0 Å². The Morgan fingerprint density at radius 2 is 2.07 bits per heavy atom. The highest BCUT2D eigenvalue weighted by Crippen LogP contribution is 2.35. The topological polar surface area (TPSA) is 123 Å². The molecule has 3 heterocycles. The maximum absolute atomic E-state index is 12.0. The van der Waals surface area contributed by atoms with Crippen LogP contribution in [0.5, 0.6) is 0 Å². The average molecular weight is 416 g/mol. The van der Waals surface area contributed by atoms with E-state index < -0.39 is 14.9 Å². The molecule has 11 heteroatoms. The molecular formula is C18H20N6O4S. The number of sulfonamides is 1. The van der Waals surface area contributed by atoms with Crippen molar-refractivity contribution in [3.05, 3.63) is 58.5 Å². The number of nitrogens with zero attached hydrogens (tertiary/aromatic N) is 5. The number of pyridine rings is 1. The highest BCUT2D eigenvalue weighted by Gasteiger charge is 2.30. The summed E-state index contributed by atoms with van der Waals surface area (Å²) >= 11 is 0. The molecule has 0 aliphatic carbocycles. The first-order valence-electron chi connectivity index (χ1n) is 9.17. The monoisotopic (exact) mass is 416 g/mol. The van der Waals surface area contributed by atoms with Crippen molar-refractivity contribution < 1.29 is 13.3 Å². The Hall–Kier alpha value is -3.05. The van der Waals surface area contributed by atoms with E-state index in [-0.39, 0.29) is 16.5 Å². The molecule has 0 saturated carbocycles. The van der Waals surface area contributed by atoms with E-state index in [0.717, 1.165) is 30.4 Å². The molecule has 1 aromatic carbocycles. The highest BCUT2D eigenvalue weighted by molar-refractivity contribution is 7.89. The number of nitro groups is 1. The van der Waals surface area contributed by atoms with Gasteiger partial charge in [0.15, 0.2) is 5.65 Å². The summed E-state index contributed by atoms with van der Waals surface area (Å²) in [4.78, 5) is 12.9. The van der Waals surface area contributed by atoms with Crippen molar-refractivity contribution in [2.45, 2.75) is 23.7 Å². The fraction of sp³-hybridized carbons (Fsp3) is 0.333. The van der Waals surface area contributed by atoms with Crippen LogP contribution in [0.2, 0.25) is 0 Å². The third-order valence-electron chi connectivity index (χ3n) is 5.19. The van der Waals surface area contributed by atoms with Crippen molar-refractivity contribution in [3.8, 4) is 0 Å². The van der Waals surface area contributed by atoms with Crippen molar-refractivity contribution in [2.24, 2.45) is 0 Å². The molecule has 1 atom stereocenters. The summed E-state index contributed by atoms with van der Waals surface area (Å²) in [6, 6.07) is 9.69. The fourth-order valence-corrected chi connectivity index (χ4v) is 4.50. The maximum Gasteiger partial charge on any atom is 0.293 e. The number of aromatic nitrogens is 3. The molecule has 29 heavy (non-hydrogen) atoms. The summed E-state index contributed by atoms with van der Waals surface area (Å²) in [7, 11) is -2.50. The number of benzene rings is 1. The van der Waals surface area contributed by atoms with Crippen LogP contribution in [0, 0.1) is 10.1 Å². The van der Waals surface area contributed by atoms with E-state index in [0.29, 0.717) is 18.8 Å². The summed E-state index contributed by atoms with van der Waals surface area (Å²) < 4.78 is 28.2. The highest BCUT2D eigenvalue weighted by atomic mass is 32.2. The van der Waals surface area contributed by atoms with Crippen LogP contribution in [-0.4, -0.2) is 48.1 Å². The van der Waals surface area contributed by atoms with Gasteiger partial charge < -0.3 is 4.90 Å². The molecule has 1 saturated heterocycles. The summed E-state index contributed by atoms with van der Waals surface area (Å²) in [5.41, 5.74) is 0.934. The Balaban J connectivity index is 1.68. The molecule has 152 valence electrons. The zero-order valence-corrected chi connectivity index (χ0v) is 16.5. The van der Waals surface area contributed by atoms with Gasteiger partial charge in [-0.1, -0.05) is 6.07 Å². The fourth-order valence-electron chi connectivity index (χ4n) is 3.75. The molecular weight excluding hydrogens is 396 g/mol. The third kappa shape index (κ3) is 3.54. The zero-order chi connectivity index (χ0) is 20.6. The minimum Gasteiger partial charge on any atom is -0.365 e. The number of nitro benzene ring substituents is 1. The van der Waals surface area contributed by atoms with E-state index in [1.807, 2.05) is 33.7 Å². The summed E-state index contributed by atoms with van der Waals surface area (Å²) in [6.45, 7) is 1.18. The molecule has 4 rings (SSSR count). The Morgan fingerprint density at radius 1 is 1.24 bits per heavy atom. The Kier molecular flexibility index (Phi) is 4.92. The van der Waals surface area contributed by atoms with Crippen LogP contribution < -0.4 is 9.62 Å². The average Bonchev–Trinajstić information content (AvgIpc) is 3.17. The van der Waals surface area contributed by atoms with Crippen molar-refractivity contribution in [2.75, 3.05) is 25.0 Å². The van der Waals surface area contributed by atoms with Crippen molar-refractivity contribution >= 4 is 27.0 Å². The van der Waals surface area contributed by atoms with Crippen LogP contribution in [0.1, 0.15) is 24.6 Å². The van der Waals surface area contributed by atoms with Crippen LogP contribution in [0.3, 0.4) is 0 Å². The van der Waals surface area contributed by atoms with Gasteiger partial charge in [-0.3, -0.25) is 14.5 Å². The van der Waals surface area contributed by atoms with E-state index in [4.69, 9.17) is 0 Å². The summed E-state index contributed by atoms with van der Waals surface area (Å²) in [5.74, 6) is 0.879. The van der Waals surface area contributed by atoms with E-state index in [2.05, 4.69) is 14.9 Å². The summed E-state index contributed by atoms with van der Waals surface area (Å²) in [5, 5.41) is 20.2. The molecule has 3 aromatic rings. The second-order valence-corrected chi connectivity index (χ2v) is 8.77. The predicted octanol–water partition coefficient (Wildman–Crippen LogP) is 1.93. The molecule has 1 fully saturated rings. The lowest BCUT2D eigenvalue weighted by atomic mass is 9.96. The molecule has 0 bridgehead atoms. The number of hydrogen-bond donors (Lipinski definition) is 1. The SMILES string of the molecule is CNS(=O)(=O)c1ccc(N2CCCC(c3nnc4ccccn34)C2)c([N+](=O)[O-])c1. The van der Waals surface area contributed by atoms with Gasteiger partial charge in [0.2, 0.25) is 10.0 Å². The number of rotatable bonds is 5. The van der Waals surface area contributed by atoms with Crippen molar-refractivity contribution in [1.82, 2.24) is 19.3 Å². The van der Waals surface area contributed by atoms with Gasteiger partial charge in [0, 0.05) is 31.3 Å². The Bertz CT molecular complexity index is 1180. The van der Waals surface area contributed by atoms with Crippen molar-refractivity contribution in [1.29, 1.82) is 0 Å². The van der Waals surface area contributed by atoms with Crippen LogP contribution in [0.25, 0.3) is 5.65 Å². The minimum atomic E-state index is -3.77. The van der Waals surface area contributed by atoms with Crippen LogP contribution in [0.4, 0.5) is 11.4 Å². The van der Waals surface area contributed by atoms with Gasteiger partial charge in [0.25, 0.3) is 5.69 Å². The number of nitrogens with one attached hydrogen (secondary N) is 1. The third-order valence-corrected chi connectivity index (χ3v) is 6.60. The second-order valence-electron chi connectivity index (χ2n) is 6.89. The maximum atomic E-state index is 12.0. The minimum absolute atomic E-state index is 0.0569. The van der Waals surface area contributed by atoms with E-state index >= 15 is 0 Å². The molecule has 0 radical (unpaired) electrons. The molecule has 10 nitrogen and oxygen atoms in total. The number of anilines is 1. The molecule has 1 aliphatic heterocycles. The lowest BCUT2D eigenvalue weighted by molar-refractivity contribution is -0.384. The van der Waals surface area contributed by atoms with Crippen LogP contribution in [-0.2, 0) is 10.0 Å². The standard InChI is InChI=1S/C18H20N6O4S/c1-19-29(27,28)14-7-8-15(16(11-14)24(25)26)22-9-4-5-13(12-22)18-21-20-17-6-2-3-10-23(17)18/h2-3,6-8,10-11,13,19H,4-5,9,12H2,1H3. The first kappa shape index (κ1) is 19.3. The van der Waals surface area contributed by atoms with Gasteiger partial charge in [-0.05, 0) is 44.2 Å². The van der Waals surface area contributed by atoms with Gasteiger partial charge in [-0.15, -0.1) is 10.2 Å². The normalized spacial score (nSPS) is 17.6. The van der Waals surface area contributed by atoms with Gasteiger partial charge in [-0.2, -0.15) is 0 Å². The molecule has 2 aromatic heterocycles.